The van der Waals surface area contributed by atoms with E-state index in [9.17, 15) is 5.26 Å². The number of halogens is 2. The Morgan fingerprint density at radius 1 is 0.978 bits per heavy atom. The van der Waals surface area contributed by atoms with Gasteiger partial charge >= 0.3 is 0 Å². The molecule has 1 saturated heterocycles. The van der Waals surface area contributed by atoms with Gasteiger partial charge in [-0.15, -0.1) is 5.53 Å². The van der Waals surface area contributed by atoms with Gasteiger partial charge in [-0.2, -0.15) is 5.26 Å². The quantitative estimate of drug-likeness (QED) is 0.151. The topological polar surface area (TPSA) is 91.3 Å². The van der Waals surface area contributed by atoms with Crippen molar-refractivity contribution in [1.82, 2.24) is 25.9 Å². The summed E-state index contributed by atoms with van der Waals surface area (Å²) in [4.78, 5) is 7.11. The Morgan fingerprint density at radius 2 is 1.70 bits per heavy atom. The van der Waals surface area contributed by atoms with Crippen molar-refractivity contribution in [3.8, 4) is 6.07 Å². The minimum absolute atomic E-state index is 0.0451. The number of nitrogens with zero attached hydrogens (tertiary/aromatic N) is 4. The lowest BCUT2D eigenvalue weighted by Crippen LogP contribution is -2.52. The highest BCUT2D eigenvalue weighted by molar-refractivity contribution is 6.36. The third-order valence-electron chi connectivity index (χ3n) is 8.95. The third-order valence-corrected chi connectivity index (χ3v) is 9.49. The van der Waals surface area contributed by atoms with Crippen molar-refractivity contribution < 1.29 is 0 Å². The largest absolute Gasteiger partial charge is 0.377 e. The number of anilines is 2. The zero-order chi connectivity index (χ0) is 32.4. The third kappa shape index (κ3) is 6.89. The second kappa shape index (κ2) is 13.4. The molecule has 0 bridgehead atoms. The lowest BCUT2D eigenvalue weighted by atomic mass is 9.98. The van der Waals surface area contributed by atoms with Crippen LogP contribution < -0.4 is 21.6 Å². The normalized spacial score (nSPS) is 17.2. The SMILES string of the molecule is C[C@H](Nc1c(C#N)cnc2c(Cl)cc(N[C@H](C3=CN(C4CCN(C(C)(C)C)CC4)NN3)c3ccc(Cl)cc3)cc12)c1ccccc1. The van der Waals surface area contributed by atoms with Crippen molar-refractivity contribution in [3.63, 3.8) is 0 Å². The van der Waals surface area contributed by atoms with Crippen LogP contribution in [0.25, 0.3) is 10.9 Å². The molecule has 46 heavy (non-hydrogen) atoms. The van der Waals surface area contributed by atoms with E-state index in [1.807, 2.05) is 54.6 Å². The van der Waals surface area contributed by atoms with Crippen LogP contribution in [0.15, 0.2) is 84.8 Å². The zero-order valence-electron chi connectivity index (χ0n) is 26.6. The number of nitrogens with one attached hydrogen (secondary N) is 4. The molecule has 0 amide bonds. The number of nitriles is 1. The van der Waals surface area contributed by atoms with Gasteiger partial charge in [0.2, 0.25) is 0 Å². The molecule has 0 spiro atoms. The van der Waals surface area contributed by atoms with E-state index in [0.717, 1.165) is 53.8 Å². The molecule has 8 nitrogen and oxygen atoms in total. The maximum absolute atomic E-state index is 10.0. The van der Waals surface area contributed by atoms with Gasteiger partial charge in [0.1, 0.15) is 6.07 Å². The first kappa shape index (κ1) is 32.0. The Bertz CT molecular complexity index is 1750. The summed E-state index contributed by atoms with van der Waals surface area (Å²) in [5, 5.41) is 21.4. The molecule has 2 aliphatic heterocycles. The Labute approximate surface area is 281 Å². The van der Waals surface area contributed by atoms with Gasteiger partial charge in [-0.05, 0) is 75.9 Å². The number of likely N-dealkylation sites (tertiary alicyclic amines) is 1. The Kier molecular flexibility index (Phi) is 9.30. The molecule has 4 N–H and O–H groups in total. The van der Waals surface area contributed by atoms with E-state index in [4.69, 9.17) is 23.2 Å². The molecule has 0 saturated carbocycles. The molecule has 0 aliphatic carbocycles. The average molecular weight is 656 g/mol. The van der Waals surface area contributed by atoms with Gasteiger partial charge in [-0.1, -0.05) is 65.7 Å². The van der Waals surface area contributed by atoms with Gasteiger partial charge < -0.3 is 16.1 Å². The molecule has 238 valence electrons. The van der Waals surface area contributed by atoms with Gasteiger partial charge in [-0.25, -0.2) is 0 Å². The number of hydrogen-bond acceptors (Lipinski definition) is 8. The Balaban J connectivity index is 1.32. The summed E-state index contributed by atoms with van der Waals surface area (Å²) < 4.78 is 0. The molecule has 1 aromatic heterocycles. The number of hydrazine groups is 2. The van der Waals surface area contributed by atoms with Crippen LogP contribution in [-0.2, 0) is 0 Å². The molecule has 10 heteroatoms. The maximum Gasteiger partial charge on any atom is 0.103 e. The van der Waals surface area contributed by atoms with Crippen molar-refractivity contribution in [2.24, 2.45) is 0 Å². The summed E-state index contributed by atoms with van der Waals surface area (Å²) in [6.07, 6.45) is 5.88. The summed E-state index contributed by atoms with van der Waals surface area (Å²) in [5.41, 5.74) is 12.7. The smallest absolute Gasteiger partial charge is 0.103 e. The lowest BCUT2D eigenvalue weighted by molar-refractivity contribution is 0.0570. The van der Waals surface area contributed by atoms with Crippen LogP contribution in [0.1, 0.15) is 69.3 Å². The summed E-state index contributed by atoms with van der Waals surface area (Å²) in [7, 11) is 0. The lowest BCUT2D eigenvalue weighted by Gasteiger charge is -2.42. The molecule has 2 atom stereocenters. The fourth-order valence-corrected chi connectivity index (χ4v) is 6.68. The molecular formula is C36H40Cl2N8. The highest BCUT2D eigenvalue weighted by Crippen LogP contribution is 2.37. The molecule has 3 heterocycles. The first-order chi connectivity index (χ1) is 22.1. The molecule has 3 aromatic carbocycles. The average Bonchev–Trinajstić information content (AvgIpc) is 3.55. The van der Waals surface area contributed by atoms with Crippen LogP contribution in [0.4, 0.5) is 11.4 Å². The first-order valence-electron chi connectivity index (χ1n) is 15.7. The van der Waals surface area contributed by atoms with Crippen LogP contribution in [0.5, 0.6) is 0 Å². The second-order valence-corrected chi connectivity index (χ2v) is 13.9. The number of fused-ring (bicyclic) bond motifs is 1. The van der Waals surface area contributed by atoms with Crippen LogP contribution in [0.3, 0.4) is 0 Å². The van der Waals surface area contributed by atoms with Crippen LogP contribution >= 0.6 is 23.2 Å². The number of aromatic nitrogens is 1. The molecule has 2 aliphatic rings. The molecule has 6 rings (SSSR count). The first-order valence-corrected chi connectivity index (χ1v) is 16.5. The van der Waals surface area contributed by atoms with Crippen LogP contribution in [0, 0.1) is 11.3 Å². The molecule has 0 unspecified atom stereocenters. The van der Waals surface area contributed by atoms with Crippen LogP contribution in [0.2, 0.25) is 10.0 Å². The van der Waals surface area contributed by atoms with Crippen molar-refractivity contribution in [3.05, 3.63) is 112 Å². The van der Waals surface area contributed by atoms with E-state index in [1.54, 1.807) is 6.20 Å². The highest BCUT2D eigenvalue weighted by atomic mass is 35.5. The predicted molar refractivity (Wildman–Crippen MR) is 188 cm³/mol. The Morgan fingerprint density at radius 3 is 2.37 bits per heavy atom. The fraction of sp³-hybridized carbons (Fsp3) is 0.333. The van der Waals surface area contributed by atoms with E-state index >= 15 is 0 Å². The van der Waals surface area contributed by atoms with E-state index in [1.165, 1.54) is 0 Å². The van der Waals surface area contributed by atoms with Gasteiger partial charge in [0.05, 0.1) is 33.5 Å². The molecule has 0 radical (unpaired) electrons. The van der Waals surface area contributed by atoms with Crippen molar-refractivity contribution >= 4 is 45.5 Å². The van der Waals surface area contributed by atoms with Crippen LogP contribution in [-0.4, -0.2) is 39.6 Å². The van der Waals surface area contributed by atoms with Gasteiger partial charge in [0.25, 0.3) is 0 Å². The molecular weight excluding hydrogens is 615 g/mol. The number of benzene rings is 3. The number of rotatable bonds is 8. The zero-order valence-corrected chi connectivity index (χ0v) is 28.1. The van der Waals surface area contributed by atoms with Crippen molar-refractivity contribution in [2.75, 3.05) is 23.7 Å². The minimum Gasteiger partial charge on any atom is -0.377 e. The van der Waals surface area contributed by atoms with E-state index < -0.39 is 0 Å². The Hall–Kier alpha value is -4.00. The molecule has 4 aromatic rings. The van der Waals surface area contributed by atoms with Gasteiger partial charge in [0.15, 0.2) is 0 Å². The fourth-order valence-electron chi connectivity index (χ4n) is 6.29. The second-order valence-electron chi connectivity index (χ2n) is 13.0. The summed E-state index contributed by atoms with van der Waals surface area (Å²) in [5.74, 6) is 0. The standard InChI is InChI=1S/C36H40Cl2N8/c1-23(24-8-6-5-7-9-24)41-33-26(20-39)21-40-35-30(33)18-28(19-31(35)38)42-34(25-10-12-27(37)13-11-25)32-22-46(44-43-32)29-14-16-45(17-15-29)36(2,3)4/h5-13,18-19,21-23,29,34,42-44H,14-17H2,1-4H3,(H,40,41)/t23-,34-/m0/s1. The summed E-state index contributed by atoms with van der Waals surface area (Å²) in [6, 6.07) is 24.3. The maximum atomic E-state index is 10.0. The van der Waals surface area contributed by atoms with Crippen molar-refractivity contribution in [1.29, 1.82) is 5.26 Å². The minimum atomic E-state index is -0.246. The van der Waals surface area contributed by atoms with Crippen molar-refractivity contribution in [2.45, 2.75) is 64.2 Å². The monoisotopic (exact) mass is 654 g/mol. The molecule has 1 fully saturated rings. The highest BCUT2D eigenvalue weighted by Gasteiger charge is 2.32. The number of hydrogen-bond donors (Lipinski definition) is 4. The summed E-state index contributed by atoms with van der Waals surface area (Å²) >= 11 is 13.2. The number of piperidine rings is 1. The van der Waals surface area contributed by atoms with E-state index in [2.05, 4.69) is 88.6 Å². The summed E-state index contributed by atoms with van der Waals surface area (Å²) in [6.45, 7) is 11.0. The van der Waals surface area contributed by atoms with Gasteiger partial charge in [-0.3, -0.25) is 14.9 Å². The van der Waals surface area contributed by atoms with E-state index in [-0.39, 0.29) is 17.6 Å². The predicted octanol–water partition coefficient (Wildman–Crippen LogP) is 8.17. The van der Waals surface area contributed by atoms with Gasteiger partial charge in [0, 0.05) is 59.2 Å². The number of pyridine rings is 1. The van der Waals surface area contributed by atoms with E-state index in [0.29, 0.717) is 32.9 Å².